The maximum Gasteiger partial charge on any atom is 0.410 e. The Hall–Kier alpha value is -8.13. The number of allylic oxidation sites excluding steroid dienone is 4. The van der Waals surface area contributed by atoms with Crippen molar-refractivity contribution >= 4 is 57.8 Å². The van der Waals surface area contributed by atoms with Gasteiger partial charge in [0.2, 0.25) is 22.9 Å². The molecule has 1 unspecified atom stereocenters. The molecule has 3 aromatic rings. The van der Waals surface area contributed by atoms with E-state index in [0.29, 0.717) is 0 Å². The minimum absolute atomic E-state index is 0.0238. The van der Waals surface area contributed by atoms with Gasteiger partial charge in [-0.3, -0.25) is 28.8 Å². The molecule has 2 aromatic carbocycles. The van der Waals surface area contributed by atoms with Gasteiger partial charge >= 0.3 is 17.8 Å². The number of carboxylic acids is 1. The number of morpholine rings is 1. The Labute approximate surface area is 506 Å². The molecule has 4 fully saturated rings. The van der Waals surface area contributed by atoms with Gasteiger partial charge in [-0.25, -0.2) is 14.0 Å². The van der Waals surface area contributed by atoms with Crippen LogP contribution in [0.5, 0.6) is 17.2 Å². The first-order chi connectivity index (χ1) is 41.7. The van der Waals surface area contributed by atoms with Gasteiger partial charge in [0.05, 0.1) is 78.4 Å². The summed E-state index contributed by atoms with van der Waals surface area (Å²) in [6, 6.07) is 0.487. The Balaban J connectivity index is 0.887. The molecule has 3 amide bonds. The number of nitrogens with zero attached hydrogens (tertiary/aromatic N) is 5. The SMILES string of the molecule is COc1c(N2CCN(C(=O)C3CN(C(=O)O[C@@H]4[C@H](C)[C@@H](O)[C@H](C)[C@@H](O)[C@H](C)/C=C/C=C(/C)C(=O)NC5=C(N6CCOCC6)C(=O)c6c(c(O)c(C)c7c6C(=O)[C@@](C)(O/C=C/[C@H](OC)[C@H]4C)O7)C5=O)C3)C(C)C2)c(F)cc2c(=O)c(C(=O)O)cn(C3CC3)c12. The van der Waals surface area contributed by atoms with Crippen molar-refractivity contribution in [1.29, 1.82) is 0 Å². The lowest BCUT2D eigenvalue weighted by Gasteiger charge is -2.46. The first-order valence-electron chi connectivity index (χ1n) is 29.6. The topological polar surface area (TPSA) is 303 Å². The summed E-state index contributed by atoms with van der Waals surface area (Å²) in [4.78, 5) is 119. The standard InChI is InChI=1S/C63H75FN6O18/c1-29-12-11-13-30(2)59(78)65-45-48(66-19-22-85-23-20-66)54(76)42-43(53(45)75)51(73)35(7)56-44(42)58(77)63(8,88-56)86-21-16-41(83-9)32(4)55(34(6)50(72)33(5)49(29)71)87-62(82)68-26-36(27-68)60(79)69-18-17-67(25-31(69)3)47-40(64)24-38-46(57(47)84-10)70(37-14-15-37)28-39(52(38)74)61(80)81/h11-13,16,21,24,28-29,31-34,36-37,41,49-50,55,71-73H,14-15,17-20,22-23,25-27H2,1-10H3,(H,65,78)(H,80,81)/b12-11+,21-16+,30-13-/t29-,31?,32-,33-,34-,41+,49+,50+,55+,63+/m1/s1. The second-order valence-corrected chi connectivity index (χ2v) is 24.3. The van der Waals surface area contributed by atoms with Crippen LogP contribution >= 0.6 is 0 Å². The number of aliphatic hydroxyl groups excluding tert-OH is 2. The van der Waals surface area contributed by atoms with E-state index in [-0.39, 0.29) is 121 Å². The Kier molecular flexibility index (Phi) is 17.5. The molecule has 25 heteroatoms. The molecule has 2 aliphatic carbocycles. The van der Waals surface area contributed by atoms with Crippen molar-refractivity contribution in [2.75, 3.05) is 78.1 Å². The summed E-state index contributed by atoms with van der Waals surface area (Å²) in [5, 5.41) is 47.8. The minimum Gasteiger partial charge on any atom is -0.507 e. The number of carboxylic acid groups (broad SMARTS) is 1. The third-order valence-electron chi connectivity index (χ3n) is 18.5. The van der Waals surface area contributed by atoms with E-state index in [4.69, 9.17) is 28.4 Å². The fourth-order valence-electron chi connectivity index (χ4n) is 13.0. The predicted molar refractivity (Wildman–Crippen MR) is 314 cm³/mol. The van der Waals surface area contributed by atoms with Gasteiger partial charge in [-0.2, -0.15) is 0 Å². The van der Waals surface area contributed by atoms with E-state index in [9.17, 15) is 58.8 Å². The van der Waals surface area contributed by atoms with Crippen molar-refractivity contribution in [3.63, 3.8) is 0 Å². The number of halogens is 1. The number of amides is 3. The number of methoxy groups -OCH3 is 2. The summed E-state index contributed by atoms with van der Waals surface area (Å²) in [7, 11) is 2.74. The summed E-state index contributed by atoms with van der Waals surface area (Å²) < 4.78 is 53.8. The molecule has 7 heterocycles. The van der Waals surface area contributed by atoms with Gasteiger partial charge in [0, 0.05) is 113 Å². The number of rotatable bonds is 8. The molecule has 5 N–H and O–H groups in total. The molecule has 88 heavy (non-hydrogen) atoms. The molecular weight excluding hydrogens is 1150 g/mol. The maximum absolute atomic E-state index is 16.3. The predicted octanol–water partition coefficient (Wildman–Crippen LogP) is 5.03. The number of nitrogens with one attached hydrogen (secondary N) is 1. The van der Waals surface area contributed by atoms with Gasteiger partial charge in [-0.15, -0.1) is 0 Å². The normalized spacial score (nSPS) is 29.6. The van der Waals surface area contributed by atoms with Crippen molar-refractivity contribution in [3.05, 3.63) is 104 Å². The van der Waals surface area contributed by atoms with Crippen LogP contribution in [0.2, 0.25) is 0 Å². The lowest BCUT2D eigenvalue weighted by molar-refractivity contribution is -0.143. The molecule has 11 rings (SSSR count). The molecular formula is C63H75FN6O18. The number of hydrogen-bond acceptors (Lipinski definition) is 19. The number of aliphatic hydroxyl groups is 2. The highest BCUT2D eigenvalue weighted by atomic mass is 19.1. The monoisotopic (exact) mass is 1220 g/mol. The van der Waals surface area contributed by atoms with E-state index in [0.717, 1.165) is 25.2 Å². The molecule has 472 valence electrons. The summed E-state index contributed by atoms with van der Waals surface area (Å²) >= 11 is 0. The van der Waals surface area contributed by atoms with E-state index in [2.05, 4.69) is 5.32 Å². The Bertz CT molecular complexity index is 3600. The van der Waals surface area contributed by atoms with E-state index in [1.54, 1.807) is 53.0 Å². The molecule has 6 aliphatic heterocycles. The smallest absolute Gasteiger partial charge is 0.410 e. The highest BCUT2D eigenvalue weighted by molar-refractivity contribution is 6.32. The molecule has 5 bridgehead atoms. The highest BCUT2D eigenvalue weighted by Crippen LogP contribution is 2.50. The van der Waals surface area contributed by atoms with Gasteiger partial charge in [0.1, 0.15) is 40.2 Å². The van der Waals surface area contributed by atoms with Crippen LogP contribution in [-0.2, 0) is 28.5 Å². The minimum atomic E-state index is -2.19. The number of aromatic hydroxyl groups is 1. The molecule has 10 atom stereocenters. The van der Waals surface area contributed by atoms with Crippen molar-refractivity contribution in [2.45, 2.75) is 111 Å². The number of benzene rings is 2. The average Bonchev–Trinajstić information content (AvgIpc) is 1.35. The van der Waals surface area contributed by atoms with Crippen molar-refractivity contribution < 1.29 is 86.8 Å². The van der Waals surface area contributed by atoms with Crippen molar-refractivity contribution in [3.8, 4) is 17.2 Å². The molecule has 24 nitrogen and oxygen atoms in total. The zero-order chi connectivity index (χ0) is 63.7. The van der Waals surface area contributed by atoms with Gasteiger partial charge in [-0.1, -0.05) is 45.9 Å². The van der Waals surface area contributed by atoms with Crippen LogP contribution in [-0.4, -0.2) is 190 Å². The molecule has 1 saturated carbocycles. The van der Waals surface area contributed by atoms with Crippen LogP contribution in [0.4, 0.5) is 14.9 Å². The summed E-state index contributed by atoms with van der Waals surface area (Å²) in [5.74, 6) is -12.6. The zero-order valence-electron chi connectivity index (χ0n) is 50.8. The summed E-state index contributed by atoms with van der Waals surface area (Å²) in [6.45, 7) is 13.8. The molecule has 1 aromatic heterocycles. The summed E-state index contributed by atoms with van der Waals surface area (Å²) in [6.07, 6.45) is 4.46. The van der Waals surface area contributed by atoms with Crippen LogP contribution in [0.1, 0.15) is 114 Å². The van der Waals surface area contributed by atoms with Crippen LogP contribution < -0.4 is 25.1 Å². The number of fused-ring (bicyclic) bond motifs is 15. The van der Waals surface area contributed by atoms with Gasteiger partial charge in [-0.05, 0) is 45.8 Å². The summed E-state index contributed by atoms with van der Waals surface area (Å²) in [5.41, 5.74) is -2.75. The number of likely N-dealkylation sites (tertiary alicyclic amines) is 1. The second kappa shape index (κ2) is 24.4. The number of phenolic OH excluding ortho intramolecular Hbond substituents is 1. The maximum atomic E-state index is 16.3. The number of Topliss-reactive ketones (excluding diaryl/α,β-unsaturated/α-hetero) is 3. The highest BCUT2D eigenvalue weighted by Gasteiger charge is 2.54. The number of carbonyl (C=O) groups is 7. The second-order valence-electron chi connectivity index (χ2n) is 24.3. The van der Waals surface area contributed by atoms with Crippen molar-refractivity contribution in [2.24, 2.45) is 29.6 Å². The zero-order valence-corrected chi connectivity index (χ0v) is 50.8. The number of carbonyl (C=O) groups excluding carboxylic acids is 6. The van der Waals surface area contributed by atoms with Crippen LogP contribution in [0, 0.1) is 42.3 Å². The van der Waals surface area contributed by atoms with Gasteiger partial charge < -0.3 is 78.3 Å². The number of aromatic carboxylic acids is 1. The average molecular weight is 1220 g/mol. The molecule has 8 aliphatic rings. The number of aromatic nitrogens is 1. The van der Waals surface area contributed by atoms with E-state index < -0.39 is 141 Å². The van der Waals surface area contributed by atoms with Crippen molar-refractivity contribution in [1.82, 2.24) is 24.6 Å². The van der Waals surface area contributed by atoms with Gasteiger partial charge in [0.25, 0.3) is 11.7 Å². The number of ketones is 3. The first-order valence-corrected chi connectivity index (χ1v) is 29.6. The van der Waals surface area contributed by atoms with E-state index >= 15 is 4.39 Å². The number of pyridine rings is 1. The molecule has 3 saturated heterocycles. The van der Waals surface area contributed by atoms with Crippen LogP contribution in [0.3, 0.4) is 0 Å². The Morgan fingerprint density at radius 2 is 1.53 bits per heavy atom. The Morgan fingerprint density at radius 1 is 0.841 bits per heavy atom. The molecule has 0 radical (unpaired) electrons. The van der Waals surface area contributed by atoms with Crippen LogP contribution in [0.25, 0.3) is 10.9 Å². The first kappa shape index (κ1) is 62.9. The van der Waals surface area contributed by atoms with E-state index in [1.165, 1.54) is 64.3 Å². The number of piperazine rings is 1. The fraction of sp³-hybridized carbons (Fsp3) is 0.524. The van der Waals surface area contributed by atoms with Crippen LogP contribution in [0.15, 0.2) is 64.6 Å². The fourth-order valence-corrected chi connectivity index (χ4v) is 13.0. The third kappa shape index (κ3) is 11.1. The van der Waals surface area contributed by atoms with Gasteiger partial charge in [0.15, 0.2) is 11.6 Å². The Morgan fingerprint density at radius 3 is 2.17 bits per heavy atom. The lowest BCUT2D eigenvalue weighted by Crippen LogP contribution is -2.62. The number of hydrogen-bond donors (Lipinski definition) is 5. The largest absolute Gasteiger partial charge is 0.507 e. The number of ether oxygens (including phenoxy) is 6. The third-order valence-corrected chi connectivity index (χ3v) is 18.5. The van der Waals surface area contributed by atoms with E-state index in [1.807, 2.05) is 6.92 Å². The quantitative estimate of drug-likeness (QED) is 0.198. The number of phenols is 1. The molecule has 0 spiro atoms. The number of anilines is 1. The lowest BCUT2D eigenvalue weighted by atomic mass is 9.78.